The minimum absolute atomic E-state index is 0.245. The molecule has 1 saturated heterocycles. The molecule has 29 heavy (non-hydrogen) atoms. The lowest BCUT2D eigenvalue weighted by atomic mass is 9.89. The monoisotopic (exact) mass is 414 g/mol. The van der Waals surface area contributed by atoms with E-state index in [-0.39, 0.29) is 11.3 Å². The lowest BCUT2D eigenvalue weighted by Crippen LogP contribution is -2.52. The molecule has 0 unspecified atom stereocenters. The van der Waals surface area contributed by atoms with Crippen LogP contribution in [0, 0.1) is 11.3 Å². The fourth-order valence-electron chi connectivity index (χ4n) is 4.42. The number of hydrogen-bond donors (Lipinski definition) is 0. The number of thiophene rings is 1. The number of carbonyl (C=O) groups excluding carboxylic acids is 1. The van der Waals surface area contributed by atoms with E-state index in [0.717, 1.165) is 55.0 Å². The maximum absolute atomic E-state index is 12.7. The molecule has 0 radical (unpaired) electrons. The van der Waals surface area contributed by atoms with Gasteiger partial charge in [-0.25, -0.2) is 9.97 Å². The van der Waals surface area contributed by atoms with Crippen molar-refractivity contribution in [2.45, 2.75) is 66.7 Å². The van der Waals surface area contributed by atoms with Gasteiger partial charge in [-0.1, -0.05) is 41.5 Å². The van der Waals surface area contributed by atoms with Crippen LogP contribution in [0.4, 0.5) is 5.82 Å². The van der Waals surface area contributed by atoms with Crippen molar-refractivity contribution in [2.75, 3.05) is 31.1 Å². The van der Waals surface area contributed by atoms with Gasteiger partial charge in [0, 0.05) is 42.4 Å². The van der Waals surface area contributed by atoms with Gasteiger partial charge in [0.1, 0.15) is 16.5 Å². The van der Waals surface area contributed by atoms with Crippen molar-refractivity contribution < 1.29 is 4.79 Å². The fraction of sp³-hybridized carbons (Fsp3) is 0.696. The van der Waals surface area contributed by atoms with Gasteiger partial charge in [0.15, 0.2) is 0 Å². The molecule has 3 heterocycles. The Kier molecular flexibility index (Phi) is 5.34. The van der Waals surface area contributed by atoms with E-state index in [1.165, 1.54) is 28.7 Å². The van der Waals surface area contributed by atoms with Gasteiger partial charge >= 0.3 is 0 Å². The van der Waals surface area contributed by atoms with E-state index < -0.39 is 0 Å². The molecule has 0 spiro atoms. The Labute approximate surface area is 178 Å². The van der Waals surface area contributed by atoms with Crippen LogP contribution in [-0.2, 0) is 17.6 Å². The third kappa shape index (κ3) is 3.88. The Morgan fingerprint density at radius 1 is 1.14 bits per heavy atom. The summed E-state index contributed by atoms with van der Waals surface area (Å²) in [6.45, 7) is 15.9. The zero-order valence-electron chi connectivity index (χ0n) is 18.7. The predicted octanol–water partition coefficient (Wildman–Crippen LogP) is 4.63. The van der Waals surface area contributed by atoms with Crippen LogP contribution >= 0.6 is 11.3 Å². The minimum atomic E-state index is -0.321. The Morgan fingerprint density at radius 2 is 1.83 bits per heavy atom. The molecule has 1 amide bonds. The highest BCUT2D eigenvalue weighted by atomic mass is 32.1. The highest BCUT2D eigenvalue weighted by Crippen LogP contribution is 2.41. The lowest BCUT2D eigenvalue weighted by molar-refractivity contribution is -0.139. The van der Waals surface area contributed by atoms with E-state index in [2.05, 4.69) is 25.7 Å². The van der Waals surface area contributed by atoms with E-state index in [1.807, 2.05) is 37.0 Å². The molecule has 1 aliphatic heterocycles. The number of aryl methyl sites for hydroxylation is 1. The first kappa shape index (κ1) is 20.6. The average molecular weight is 415 g/mol. The van der Waals surface area contributed by atoms with Crippen LogP contribution in [0.2, 0.25) is 0 Å². The van der Waals surface area contributed by atoms with Gasteiger partial charge in [-0.05, 0) is 30.7 Å². The van der Waals surface area contributed by atoms with Crippen LogP contribution in [0.15, 0.2) is 0 Å². The quantitative estimate of drug-likeness (QED) is 0.719. The number of nitrogens with zero attached hydrogens (tertiary/aromatic N) is 4. The van der Waals surface area contributed by atoms with Crippen LogP contribution < -0.4 is 4.90 Å². The summed E-state index contributed by atoms with van der Waals surface area (Å²) in [5.74, 6) is 3.35. The van der Waals surface area contributed by atoms with Crippen molar-refractivity contribution in [1.82, 2.24) is 14.9 Å². The molecule has 1 aliphatic carbocycles. The van der Waals surface area contributed by atoms with Gasteiger partial charge in [-0.3, -0.25) is 4.79 Å². The Balaban J connectivity index is 1.69. The molecule has 0 bridgehead atoms. The van der Waals surface area contributed by atoms with Gasteiger partial charge in [-0.15, -0.1) is 11.3 Å². The summed E-state index contributed by atoms with van der Waals surface area (Å²) in [6.07, 6.45) is 3.55. The summed E-state index contributed by atoms with van der Waals surface area (Å²) < 4.78 is 0. The predicted molar refractivity (Wildman–Crippen MR) is 121 cm³/mol. The van der Waals surface area contributed by atoms with Gasteiger partial charge in [-0.2, -0.15) is 0 Å². The zero-order valence-corrected chi connectivity index (χ0v) is 19.5. The highest BCUT2D eigenvalue weighted by Gasteiger charge is 2.32. The maximum Gasteiger partial charge on any atom is 0.228 e. The van der Waals surface area contributed by atoms with Crippen molar-refractivity contribution in [2.24, 2.45) is 11.3 Å². The third-order valence-corrected chi connectivity index (χ3v) is 7.33. The largest absolute Gasteiger partial charge is 0.352 e. The third-order valence-electron chi connectivity index (χ3n) is 6.18. The Bertz CT molecular complexity index is 919. The van der Waals surface area contributed by atoms with E-state index in [9.17, 15) is 4.79 Å². The van der Waals surface area contributed by atoms with Gasteiger partial charge < -0.3 is 9.80 Å². The van der Waals surface area contributed by atoms with Gasteiger partial charge in [0.2, 0.25) is 5.91 Å². The molecular formula is C23H34N4OS. The molecule has 2 aromatic heterocycles. The fourth-order valence-corrected chi connectivity index (χ4v) is 5.81. The van der Waals surface area contributed by atoms with Crippen molar-refractivity contribution in [3.05, 3.63) is 16.3 Å². The molecule has 158 valence electrons. The molecule has 1 atom stereocenters. The topological polar surface area (TPSA) is 49.3 Å². The van der Waals surface area contributed by atoms with Crippen molar-refractivity contribution >= 4 is 33.3 Å². The van der Waals surface area contributed by atoms with Crippen LogP contribution in [0.3, 0.4) is 0 Å². The van der Waals surface area contributed by atoms with E-state index in [4.69, 9.17) is 9.97 Å². The second-order valence-electron chi connectivity index (χ2n) is 10.1. The van der Waals surface area contributed by atoms with Crippen molar-refractivity contribution in [3.63, 3.8) is 0 Å². The number of hydrogen-bond acceptors (Lipinski definition) is 5. The first-order valence-corrected chi connectivity index (χ1v) is 11.8. The van der Waals surface area contributed by atoms with Crippen LogP contribution in [0.1, 0.15) is 70.1 Å². The van der Waals surface area contributed by atoms with Crippen LogP contribution in [0.25, 0.3) is 10.2 Å². The number of carbonyl (C=O) groups is 1. The first-order chi connectivity index (χ1) is 13.6. The van der Waals surface area contributed by atoms with E-state index >= 15 is 0 Å². The summed E-state index contributed by atoms with van der Waals surface area (Å²) in [6, 6.07) is 0. The highest BCUT2D eigenvalue weighted by molar-refractivity contribution is 7.19. The molecule has 1 fully saturated rings. The summed E-state index contributed by atoms with van der Waals surface area (Å²) >= 11 is 1.88. The van der Waals surface area contributed by atoms with Gasteiger partial charge in [0.05, 0.1) is 5.39 Å². The van der Waals surface area contributed by atoms with E-state index in [0.29, 0.717) is 5.92 Å². The maximum atomic E-state index is 12.7. The summed E-state index contributed by atoms with van der Waals surface area (Å²) in [4.78, 5) is 29.8. The van der Waals surface area contributed by atoms with Gasteiger partial charge in [0.25, 0.3) is 0 Å². The molecule has 0 aromatic carbocycles. The minimum Gasteiger partial charge on any atom is -0.352 e. The van der Waals surface area contributed by atoms with Crippen molar-refractivity contribution in [3.8, 4) is 0 Å². The summed E-state index contributed by atoms with van der Waals surface area (Å²) in [7, 11) is 0. The Morgan fingerprint density at radius 3 is 2.45 bits per heavy atom. The number of fused-ring (bicyclic) bond motifs is 3. The molecule has 4 rings (SSSR count). The average Bonchev–Trinajstić information content (AvgIpc) is 3.03. The smallest absolute Gasteiger partial charge is 0.228 e. The number of amides is 1. The zero-order chi connectivity index (χ0) is 20.9. The van der Waals surface area contributed by atoms with Crippen LogP contribution in [-0.4, -0.2) is 47.0 Å². The normalized spacial score (nSPS) is 20.4. The summed E-state index contributed by atoms with van der Waals surface area (Å²) in [5, 5.41) is 1.29. The standard InChI is InChI=1S/C23H34N4OS/c1-14(2)19-24-20(26-9-11-27(12-10-26)22(28)23(4,5)6)18-16-8-7-15(3)13-17(16)29-21(18)25-19/h14-15H,7-13H2,1-6H3/t15-/m1/s1. The molecule has 5 nitrogen and oxygen atoms in total. The Hall–Kier alpha value is -1.69. The second-order valence-corrected chi connectivity index (χ2v) is 11.2. The number of anilines is 1. The molecule has 2 aromatic rings. The summed E-state index contributed by atoms with van der Waals surface area (Å²) in [5.41, 5.74) is 1.17. The number of piperazine rings is 1. The molecular weight excluding hydrogens is 380 g/mol. The van der Waals surface area contributed by atoms with E-state index in [1.54, 1.807) is 0 Å². The lowest BCUT2D eigenvalue weighted by Gasteiger charge is -2.38. The molecule has 2 aliphatic rings. The molecule has 6 heteroatoms. The van der Waals surface area contributed by atoms with Crippen molar-refractivity contribution in [1.29, 1.82) is 0 Å². The first-order valence-electron chi connectivity index (χ1n) is 11.0. The van der Waals surface area contributed by atoms with Crippen LogP contribution in [0.5, 0.6) is 0 Å². The molecule has 0 saturated carbocycles. The number of aromatic nitrogens is 2. The second kappa shape index (κ2) is 7.53. The SMILES string of the molecule is CC(C)c1nc(N2CCN(C(=O)C(C)(C)C)CC2)c2c3c(sc2n1)C[C@H](C)CC3. The molecule has 0 N–H and O–H groups in total. The number of rotatable bonds is 2.